The van der Waals surface area contributed by atoms with Gasteiger partial charge in [0.05, 0.1) is 5.69 Å². The Morgan fingerprint density at radius 2 is 1.62 bits per heavy atom. The fraction of sp³-hybridized carbons (Fsp3) is 0.129. The lowest BCUT2D eigenvalue weighted by molar-refractivity contribution is 0.553. The summed E-state index contributed by atoms with van der Waals surface area (Å²) in [6.45, 7) is 4.06. The minimum atomic E-state index is 0.206. The Hall–Kier alpha value is -4.20. The van der Waals surface area contributed by atoms with Gasteiger partial charge < -0.3 is 21.1 Å². The minimum absolute atomic E-state index is 0.206. The van der Waals surface area contributed by atoms with Crippen molar-refractivity contribution in [1.82, 2.24) is 9.97 Å². The molecule has 5 rings (SSSR count). The second-order valence-electron chi connectivity index (χ2n) is 8.92. The summed E-state index contributed by atoms with van der Waals surface area (Å²) in [7, 11) is 1.91. The average Bonchev–Trinajstić information content (AvgIpc) is 2.93. The van der Waals surface area contributed by atoms with Crippen LogP contribution in [-0.2, 0) is 6.42 Å². The monoisotopic (exact) mass is 555 g/mol. The summed E-state index contributed by atoms with van der Waals surface area (Å²) in [4.78, 5) is 10.1. The number of thiocarbonyl (C=S) groups is 1. The Kier molecular flexibility index (Phi) is 8.96. The van der Waals surface area contributed by atoms with Crippen molar-refractivity contribution in [3.05, 3.63) is 107 Å². The van der Waals surface area contributed by atoms with Gasteiger partial charge in [0.25, 0.3) is 5.17 Å². The van der Waals surface area contributed by atoms with Crippen molar-refractivity contribution in [2.45, 2.75) is 20.3 Å². The molecule has 8 heteroatoms. The van der Waals surface area contributed by atoms with Gasteiger partial charge in [0.15, 0.2) is 0 Å². The summed E-state index contributed by atoms with van der Waals surface area (Å²) >= 11 is 11.3. The first-order chi connectivity index (χ1) is 18.7. The summed E-state index contributed by atoms with van der Waals surface area (Å²) < 4.78 is 5.84. The van der Waals surface area contributed by atoms with Crippen LogP contribution in [0.15, 0.2) is 91.0 Å². The molecule has 0 aliphatic carbocycles. The quantitative estimate of drug-likeness (QED) is 0.222. The number of nitrogen functional groups attached to an aromatic ring is 2. The Morgan fingerprint density at radius 1 is 0.897 bits per heavy atom. The predicted molar refractivity (Wildman–Crippen MR) is 167 cm³/mol. The number of ether oxygens (including phenoxy) is 1. The largest absolute Gasteiger partial charge is 0.432 e. The molecule has 0 fully saturated rings. The molecule has 0 aliphatic heterocycles. The van der Waals surface area contributed by atoms with Crippen LogP contribution in [0.25, 0.3) is 21.9 Å². The molecule has 0 radical (unpaired) electrons. The number of hydrogen-bond donors (Lipinski definition) is 2. The molecule has 0 unspecified atom stereocenters. The highest BCUT2D eigenvalue weighted by atomic mass is 35.5. The number of nitrogens with two attached hydrogens (primary N) is 2. The molecule has 0 aliphatic rings. The first-order valence-corrected chi connectivity index (χ1v) is 13.2. The first-order valence-electron chi connectivity index (χ1n) is 12.4. The van der Waals surface area contributed by atoms with Crippen LogP contribution in [0.3, 0.4) is 0 Å². The predicted octanol–water partition coefficient (Wildman–Crippen LogP) is 7.47. The molecule has 4 aromatic carbocycles. The molecular weight excluding hydrogens is 526 g/mol. The molecule has 1 heterocycles. The molecule has 1 aromatic heterocycles. The van der Waals surface area contributed by atoms with Crippen LogP contribution in [0, 0.1) is 6.92 Å². The second kappa shape index (κ2) is 12.6. The second-order valence-corrected chi connectivity index (χ2v) is 9.71. The Morgan fingerprint density at radius 3 is 2.31 bits per heavy atom. The number of nitrogens with zero attached hydrogens (tertiary/aromatic N) is 3. The van der Waals surface area contributed by atoms with E-state index in [9.17, 15) is 0 Å². The van der Waals surface area contributed by atoms with Gasteiger partial charge in [-0.25, -0.2) is 4.98 Å². The van der Waals surface area contributed by atoms with E-state index in [1.807, 2.05) is 85.6 Å². The summed E-state index contributed by atoms with van der Waals surface area (Å²) in [6, 6.07) is 29.8. The maximum Gasteiger partial charge on any atom is 0.269 e. The molecule has 6 nitrogen and oxygen atoms in total. The van der Waals surface area contributed by atoms with Gasteiger partial charge >= 0.3 is 0 Å². The van der Waals surface area contributed by atoms with Crippen molar-refractivity contribution in [2.24, 2.45) is 0 Å². The molecule has 0 saturated heterocycles. The topological polar surface area (TPSA) is 90.3 Å². The molecule has 198 valence electrons. The number of aromatic nitrogens is 2. The third kappa shape index (κ3) is 7.02. The van der Waals surface area contributed by atoms with Crippen molar-refractivity contribution in [3.8, 4) is 16.9 Å². The zero-order valence-corrected chi connectivity index (χ0v) is 23.6. The third-order valence-corrected chi connectivity index (χ3v) is 6.70. The number of fused-ring (bicyclic) bond motifs is 1. The Bertz CT molecular complexity index is 1610. The average molecular weight is 556 g/mol. The van der Waals surface area contributed by atoms with Crippen LogP contribution in [0.1, 0.15) is 18.2 Å². The fourth-order valence-electron chi connectivity index (χ4n) is 4.08. The fourth-order valence-corrected chi connectivity index (χ4v) is 4.40. The van der Waals surface area contributed by atoms with E-state index < -0.39 is 0 Å². The zero-order chi connectivity index (χ0) is 27.9. The SMILES string of the molecule is CCc1nc(N)nc(N)c1-c1ccc(Cl)cc1.Cc1cccc(N(C)C(=S)Oc2ccc3ccccc3c2)c1. The summed E-state index contributed by atoms with van der Waals surface area (Å²) in [5.74, 6) is 1.36. The van der Waals surface area contributed by atoms with E-state index in [2.05, 4.69) is 41.2 Å². The molecule has 0 amide bonds. The summed E-state index contributed by atoms with van der Waals surface area (Å²) in [5.41, 5.74) is 16.3. The van der Waals surface area contributed by atoms with Gasteiger partial charge in [-0.3, -0.25) is 0 Å². The number of anilines is 3. The van der Waals surface area contributed by atoms with Gasteiger partial charge in [0.1, 0.15) is 11.6 Å². The summed E-state index contributed by atoms with van der Waals surface area (Å²) in [6.07, 6.45) is 0.745. The van der Waals surface area contributed by atoms with Gasteiger partial charge in [-0.15, -0.1) is 0 Å². The molecule has 0 saturated carbocycles. The molecule has 4 N–H and O–H groups in total. The van der Waals surface area contributed by atoms with Crippen molar-refractivity contribution in [2.75, 3.05) is 23.4 Å². The molecule has 39 heavy (non-hydrogen) atoms. The highest BCUT2D eigenvalue weighted by Gasteiger charge is 2.12. The molecule has 0 atom stereocenters. The van der Waals surface area contributed by atoms with Gasteiger partial charge in [-0.1, -0.05) is 73.1 Å². The number of hydrogen-bond acceptors (Lipinski definition) is 6. The Balaban J connectivity index is 0.000000187. The van der Waals surface area contributed by atoms with Crippen molar-refractivity contribution < 1.29 is 4.74 Å². The van der Waals surface area contributed by atoms with E-state index in [0.29, 0.717) is 16.0 Å². The van der Waals surface area contributed by atoms with Crippen LogP contribution in [-0.4, -0.2) is 22.2 Å². The number of aryl methyl sites for hydroxylation is 2. The van der Waals surface area contributed by atoms with Gasteiger partial charge in [-0.05, 0) is 83.9 Å². The van der Waals surface area contributed by atoms with Crippen molar-refractivity contribution in [3.63, 3.8) is 0 Å². The van der Waals surface area contributed by atoms with Crippen molar-refractivity contribution in [1.29, 1.82) is 0 Å². The smallest absolute Gasteiger partial charge is 0.269 e. The van der Waals surface area contributed by atoms with E-state index in [1.54, 1.807) is 0 Å². The van der Waals surface area contributed by atoms with Gasteiger partial charge in [0, 0.05) is 23.3 Å². The van der Waals surface area contributed by atoms with Crippen LogP contribution < -0.4 is 21.1 Å². The van der Waals surface area contributed by atoms with Gasteiger partial charge in [-0.2, -0.15) is 4.98 Å². The molecular formula is C31H30ClN5OS. The lowest BCUT2D eigenvalue weighted by atomic mass is 10.0. The van der Waals surface area contributed by atoms with Crippen LogP contribution in [0.4, 0.5) is 17.5 Å². The van der Waals surface area contributed by atoms with E-state index in [1.165, 1.54) is 10.9 Å². The third-order valence-electron chi connectivity index (χ3n) is 6.09. The number of rotatable bonds is 4. The van der Waals surface area contributed by atoms with Crippen LogP contribution in [0.5, 0.6) is 5.75 Å². The summed E-state index contributed by atoms with van der Waals surface area (Å²) in [5, 5.41) is 3.44. The van der Waals surface area contributed by atoms with E-state index in [4.69, 9.17) is 40.0 Å². The lowest BCUT2D eigenvalue weighted by Crippen LogP contribution is -2.29. The lowest BCUT2D eigenvalue weighted by Gasteiger charge is -2.20. The minimum Gasteiger partial charge on any atom is -0.432 e. The normalized spacial score (nSPS) is 10.5. The maximum atomic E-state index is 5.90. The van der Waals surface area contributed by atoms with Crippen LogP contribution >= 0.6 is 23.8 Å². The van der Waals surface area contributed by atoms with E-state index in [0.717, 1.165) is 40.1 Å². The Labute approximate surface area is 239 Å². The maximum absolute atomic E-state index is 5.90. The number of benzene rings is 4. The van der Waals surface area contributed by atoms with Crippen LogP contribution in [0.2, 0.25) is 5.02 Å². The standard InChI is InChI=1S/C19H17NOS.C12H13ClN4/c1-14-6-5-9-17(12-14)20(2)19(22)21-18-11-10-15-7-3-4-8-16(15)13-18;1-2-9-10(11(14)17-12(15)16-9)7-3-5-8(13)6-4-7/h3-13H,1-2H3;3-6H,2H2,1H3,(H4,14,15,16,17). The number of halogens is 1. The molecule has 0 bridgehead atoms. The van der Waals surface area contributed by atoms with E-state index >= 15 is 0 Å². The highest BCUT2D eigenvalue weighted by Crippen LogP contribution is 2.29. The molecule has 5 aromatic rings. The van der Waals surface area contributed by atoms with Gasteiger partial charge in [0.2, 0.25) is 5.95 Å². The highest BCUT2D eigenvalue weighted by molar-refractivity contribution is 7.80. The molecule has 0 spiro atoms. The first kappa shape index (κ1) is 27.8. The van der Waals surface area contributed by atoms with Crippen molar-refractivity contribution >= 4 is 57.2 Å². The van der Waals surface area contributed by atoms with E-state index in [-0.39, 0.29) is 5.95 Å². The zero-order valence-electron chi connectivity index (χ0n) is 22.1.